The van der Waals surface area contributed by atoms with Gasteiger partial charge < -0.3 is 4.42 Å². The molecule has 7 heteroatoms. The van der Waals surface area contributed by atoms with E-state index in [1.165, 1.54) is 0 Å². The molecular weight excluding hydrogens is 280 g/mol. The van der Waals surface area contributed by atoms with Gasteiger partial charge in [0.25, 0.3) is 0 Å². The van der Waals surface area contributed by atoms with Crippen LogP contribution in [0.3, 0.4) is 0 Å². The first kappa shape index (κ1) is 14.8. The number of hydrogen-bond acceptors (Lipinski definition) is 4. The number of fused-ring (bicyclic) bond motifs is 1. The molecule has 0 aliphatic carbocycles. The molecule has 0 saturated carbocycles. The predicted octanol–water partition coefficient (Wildman–Crippen LogP) is 1.38. The lowest BCUT2D eigenvalue weighted by molar-refractivity contribution is 0.555. The number of sulfonamides is 1. The van der Waals surface area contributed by atoms with E-state index in [-0.39, 0.29) is 5.75 Å². The highest BCUT2D eigenvalue weighted by Crippen LogP contribution is 2.12. The van der Waals surface area contributed by atoms with Gasteiger partial charge >= 0.3 is 5.76 Å². The van der Waals surface area contributed by atoms with Crippen LogP contribution in [0.2, 0.25) is 0 Å². The fraction of sp³-hybridized carbons (Fsp3) is 0.462. The second-order valence-electron chi connectivity index (χ2n) is 4.66. The Morgan fingerprint density at radius 3 is 2.90 bits per heavy atom. The van der Waals surface area contributed by atoms with Crippen LogP contribution in [0.5, 0.6) is 0 Å². The van der Waals surface area contributed by atoms with Crippen molar-refractivity contribution in [3.63, 3.8) is 0 Å². The quantitative estimate of drug-likeness (QED) is 0.807. The Balaban J connectivity index is 1.94. The first-order chi connectivity index (χ1) is 9.50. The van der Waals surface area contributed by atoms with Crippen molar-refractivity contribution in [2.75, 3.05) is 12.3 Å². The molecule has 2 N–H and O–H groups in total. The lowest BCUT2D eigenvalue weighted by atomic mass is 10.1. The number of aromatic nitrogens is 1. The Labute approximate surface area is 117 Å². The molecule has 0 aliphatic rings. The number of H-pyrrole nitrogens is 1. The van der Waals surface area contributed by atoms with Gasteiger partial charge in [0.15, 0.2) is 5.58 Å². The minimum atomic E-state index is -3.18. The van der Waals surface area contributed by atoms with Crippen LogP contribution in [0.15, 0.2) is 27.4 Å². The number of aromatic amines is 1. The van der Waals surface area contributed by atoms with Gasteiger partial charge in [-0.05, 0) is 30.5 Å². The first-order valence-electron chi connectivity index (χ1n) is 6.59. The molecular formula is C13H18N2O4S. The topological polar surface area (TPSA) is 92.2 Å². The van der Waals surface area contributed by atoms with Crippen molar-refractivity contribution in [3.8, 4) is 0 Å². The average Bonchev–Trinajstić information content (AvgIpc) is 2.75. The van der Waals surface area contributed by atoms with Gasteiger partial charge in [0.05, 0.1) is 11.3 Å². The molecule has 1 heterocycles. The maximum absolute atomic E-state index is 11.6. The molecule has 6 nitrogen and oxygen atoms in total. The molecule has 0 unspecified atom stereocenters. The summed E-state index contributed by atoms with van der Waals surface area (Å²) in [5.41, 5.74) is 2.04. The van der Waals surface area contributed by atoms with Crippen molar-refractivity contribution in [3.05, 3.63) is 34.3 Å². The van der Waals surface area contributed by atoms with E-state index in [4.69, 9.17) is 4.42 Å². The third-order valence-corrected chi connectivity index (χ3v) is 4.46. The van der Waals surface area contributed by atoms with E-state index < -0.39 is 15.8 Å². The number of nitrogens with one attached hydrogen (secondary N) is 2. The van der Waals surface area contributed by atoms with Crippen LogP contribution >= 0.6 is 0 Å². The Morgan fingerprint density at radius 1 is 1.35 bits per heavy atom. The second kappa shape index (κ2) is 6.23. The highest BCUT2D eigenvalue weighted by atomic mass is 32.2. The van der Waals surface area contributed by atoms with Crippen molar-refractivity contribution in [1.82, 2.24) is 9.71 Å². The Morgan fingerprint density at radius 2 is 2.15 bits per heavy atom. The SMILES string of the molecule is CCCCS(=O)(=O)NCCc1ccc2[nH]c(=O)oc2c1. The molecule has 2 rings (SSSR count). The fourth-order valence-electron chi connectivity index (χ4n) is 1.90. The summed E-state index contributed by atoms with van der Waals surface area (Å²) in [5, 5.41) is 0. The number of oxazole rings is 1. The van der Waals surface area contributed by atoms with Gasteiger partial charge in [0, 0.05) is 6.54 Å². The smallest absolute Gasteiger partial charge is 0.408 e. The molecule has 0 aliphatic heterocycles. The average molecular weight is 298 g/mol. The number of benzene rings is 1. The van der Waals surface area contributed by atoms with E-state index in [9.17, 15) is 13.2 Å². The standard InChI is InChI=1S/C13H18N2O4S/c1-2-3-8-20(17,18)14-7-6-10-4-5-11-12(9-10)19-13(16)15-11/h4-5,9,14H,2-3,6-8H2,1H3,(H,15,16). The highest BCUT2D eigenvalue weighted by molar-refractivity contribution is 7.89. The minimum Gasteiger partial charge on any atom is -0.408 e. The number of hydrogen-bond donors (Lipinski definition) is 2. The second-order valence-corrected chi connectivity index (χ2v) is 6.59. The summed E-state index contributed by atoms with van der Waals surface area (Å²) in [6, 6.07) is 5.34. The van der Waals surface area contributed by atoms with Crippen LogP contribution in [0, 0.1) is 0 Å². The molecule has 0 fully saturated rings. The fourth-order valence-corrected chi connectivity index (χ4v) is 3.13. The predicted molar refractivity (Wildman–Crippen MR) is 77.2 cm³/mol. The number of rotatable bonds is 7. The zero-order valence-corrected chi connectivity index (χ0v) is 12.1. The van der Waals surface area contributed by atoms with Crippen molar-refractivity contribution < 1.29 is 12.8 Å². The molecule has 1 aromatic carbocycles. The summed E-state index contributed by atoms with van der Waals surface area (Å²) in [7, 11) is -3.18. The third-order valence-electron chi connectivity index (χ3n) is 2.99. The van der Waals surface area contributed by atoms with Gasteiger partial charge in [-0.25, -0.2) is 17.9 Å². The van der Waals surface area contributed by atoms with Crippen molar-refractivity contribution in [2.45, 2.75) is 26.2 Å². The lowest BCUT2D eigenvalue weighted by Crippen LogP contribution is -2.28. The monoisotopic (exact) mass is 298 g/mol. The van der Waals surface area contributed by atoms with Gasteiger partial charge in [0.1, 0.15) is 0 Å². The molecule has 0 radical (unpaired) electrons. The van der Waals surface area contributed by atoms with E-state index in [1.54, 1.807) is 12.1 Å². The van der Waals surface area contributed by atoms with E-state index >= 15 is 0 Å². The lowest BCUT2D eigenvalue weighted by Gasteiger charge is -2.06. The third kappa shape index (κ3) is 3.94. The molecule has 0 bridgehead atoms. The van der Waals surface area contributed by atoms with Crippen molar-refractivity contribution in [1.29, 1.82) is 0 Å². The Bertz CT molecular complexity index is 730. The van der Waals surface area contributed by atoms with E-state index in [0.29, 0.717) is 30.5 Å². The molecule has 0 amide bonds. The van der Waals surface area contributed by atoms with Gasteiger partial charge in [-0.2, -0.15) is 0 Å². The van der Waals surface area contributed by atoms with E-state index in [2.05, 4.69) is 9.71 Å². The Hall–Kier alpha value is -1.60. The summed E-state index contributed by atoms with van der Waals surface area (Å²) in [4.78, 5) is 13.6. The number of unbranched alkanes of at least 4 members (excludes halogenated alkanes) is 1. The van der Waals surface area contributed by atoms with Crippen LogP contribution in [-0.2, 0) is 16.4 Å². The largest absolute Gasteiger partial charge is 0.417 e. The van der Waals surface area contributed by atoms with Gasteiger partial charge in [-0.1, -0.05) is 19.4 Å². The van der Waals surface area contributed by atoms with E-state index in [1.807, 2.05) is 13.0 Å². The first-order valence-corrected chi connectivity index (χ1v) is 8.24. The normalized spacial score (nSPS) is 12.1. The van der Waals surface area contributed by atoms with E-state index in [0.717, 1.165) is 12.0 Å². The van der Waals surface area contributed by atoms with Crippen molar-refractivity contribution >= 4 is 21.1 Å². The van der Waals surface area contributed by atoms with Gasteiger partial charge in [-0.3, -0.25) is 4.98 Å². The summed E-state index contributed by atoms with van der Waals surface area (Å²) in [6.45, 7) is 2.29. The molecule has 1 aromatic heterocycles. The van der Waals surface area contributed by atoms with Crippen molar-refractivity contribution in [2.24, 2.45) is 0 Å². The summed E-state index contributed by atoms with van der Waals surface area (Å²) >= 11 is 0. The summed E-state index contributed by atoms with van der Waals surface area (Å²) in [6.07, 6.45) is 2.07. The van der Waals surface area contributed by atoms with Crippen LogP contribution in [-0.4, -0.2) is 25.7 Å². The summed E-state index contributed by atoms with van der Waals surface area (Å²) in [5.74, 6) is -0.327. The molecule has 0 spiro atoms. The maximum Gasteiger partial charge on any atom is 0.417 e. The van der Waals surface area contributed by atoms with Crippen LogP contribution in [0.25, 0.3) is 11.1 Å². The Kier molecular flexibility index (Phi) is 4.61. The van der Waals surface area contributed by atoms with Crippen LogP contribution < -0.4 is 10.5 Å². The van der Waals surface area contributed by atoms with Gasteiger partial charge in [-0.15, -0.1) is 0 Å². The maximum atomic E-state index is 11.6. The molecule has 2 aromatic rings. The van der Waals surface area contributed by atoms with Gasteiger partial charge in [0.2, 0.25) is 10.0 Å². The van der Waals surface area contributed by atoms with Crippen LogP contribution in [0.1, 0.15) is 25.3 Å². The summed E-state index contributed by atoms with van der Waals surface area (Å²) < 4.78 is 30.8. The zero-order valence-electron chi connectivity index (χ0n) is 11.3. The molecule has 0 atom stereocenters. The minimum absolute atomic E-state index is 0.162. The zero-order chi connectivity index (χ0) is 14.6. The molecule has 110 valence electrons. The molecule has 20 heavy (non-hydrogen) atoms. The molecule has 0 saturated heterocycles. The highest BCUT2D eigenvalue weighted by Gasteiger charge is 2.08. The van der Waals surface area contributed by atoms with Crippen LogP contribution in [0.4, 0.5) is 0 Å².